The van der Waals surface area contributed by atoms with Crippen molar-refractivity contribution >= 4 is 33.6 Å². The van der Waals surface area contributed by atoms with E-state index >= 15 is 0 Å². The first-order chi connectivity index (χ1) is 10.8. The van der Waals surface area contributed by atoms with Crippen LogP contribution in [0.3, 0.4) is 0 Å². The van der Waals surface area contributed by atoms with Gasteiger partial charge in [-0.25, -0.2) is 9.97 Å². The van der Waals surface area contributed by atoms with E-state index < -0.39 is 0 Å². The molecule has 3 heterocycles. The van der Waals surface area contributed by atoms with E-state index in [1.54, 1.807) is 30.1 Å². The number of anilines is 1. The number of rotatable bonds is 3. The second-order valence-corrected chi connectivity index (χ2v) is 6.56. The molecule has 6 heteroatoms. The lowest BCUT2D eigenvalue weighted by atomic mass is 9.89. The lowest BCUT2D eigenvalue weighted by Crippen LogP contribution is -2.04. The van der Waals surface area contributed by atoms with E-state index in [1.165, 1.54) is 23.3 Å². The highest BCUT2D eigenvalue weighted by Gasteiger charge is 2.24. The number of nitrogens with zero attached hydrogens (tertiary/aromatic N) is 3. The van der Waals surface area contributed by atoms with Crippen molar-refractivity contribution in [2.45, 2.75) is 32.1 Å². The third kappa shape index (κ3) is 2.29. The zero-order valence-corrected chi connectivity index (χ0v) is 13.1. The molecule has 1 N–H and O–H groups in total. The molecule has 1 atom stereocenters. The fraction of sp³-hybridized carbons (Fsp3) is 0.312. The van der Waals surface area contributed by atoms with Gasteiger partial charge in [0.15, 0.2) is 5.82 Å². The molecule has 0 saturated heterocycles. The summed E-state index contributed by atoms with van der Waals surface area (Å²) in [6.45, 7) is 2.29. The summed E-state index contributed by atoms with van der Waals surface area (Å²) in [5.74, 6) is 2.10. The first-order valence-corrected chi connectivity index (χ1v) is 8.23. The number of hydrogen-bond donors (Lipinski definition) is 1. The number of aromatic nitrogens is 2. The van der Waals surface area contributed by atoms with Crippen molar-refractivity contribution in [1.29, 1.82) is 0 Å². The Bertz CT molecular complexity index is 822. The van der Waals surface area contributed by atoms with Crippen LogP contribution >= 0.6 is 11.3 Å². The van der Waals surface area contributed by atoms with Crippen LogP contribution in [0.1, 0.15) is 41.9 Å². The normalized spacial score (nSPS) is 18.0. The highest BCUT2D eigenvalue weighted by atomic mass is 32.1. The second kappa shape index (κ2) is 5.53. The summed E-state index contributed by atoms with van der Waals surface area (Å²) in [7, 11) is 0. The van der Waals surface area contributed by atoms with Gasteiger partial charge in [0.1, 0.15) is 16.9 Å². The standard InChI is InChI=1S/C16H16N4OS/c1-10-4-2-6-12-13-15(17-9-18-16(13)22-14(10)12)20-19-8-11-5-3-7-21-11/h3,5,7-10H,2,4,6H2,1H3,(H,17,18,20)/b19-8+. The summed E-state index contributed by atoms with van der Waals surface area (Å²) in [4.78, 5) is 11.3. The maximum atomic E-state index is 5.23. The van der Waals surface area contributed by atoms with Crippen LogP contribution in [0.15, 0.2) is 34.2 Å². The highest BCUT2D eigenvalue weighted by Crippen LogP contribution is 2.43. The van der Waals surface area contributed by atoms with Crippen LogP contribution in [0.2, 0.25) is 0 Å². The zero-order valence-electron chi connectivity index (χ0n) is 12.2. The van der Waals surface area contributed by atoms with Crippen molar-refractivity contribution in [3.8, 4) is 0 Å². The molecule has 0 amide bonds. The van der Waals surface area contributed by atoms with E-state index in [1.807, 2.05) is 12.1 Å². The molecule has 112 valence electrons. The molecule has 1 aliphatic carbocycles. The third-order valence-corrected chi connectivity index (χ3v) is 5.41. The Morgan fingerprint density at radius 3 is 3.27 bits per heavy atom. The quantitative estimate of drug-likeness (QED) is 0.582. The molecule has 22 heavy (non-hydrogen) atoms. The van der Waals surface area contributed by atoms with Gasteiger partial charge in [0.2, 0.25) is 0 Å². The summed E-state index contributed by atoms with van der Waals surface area (Å²) < 4.78 is 5.23. The highest BCUT2D eigenvalue weighted by molar-refractivity contribution is 7.19. The summed E-state index contributed by atoms with van der Waals surface area (Å²) in [6.07, 6.45) is 8.45. The van der Waals surface area contributed by atoms with Crippen LogP contribution in [0, 0.1) is 0 Å². The Balaban J connectivity index is 1.71. The Labute approximate surface area is 132 Å². The van der Waals surface area contributed by atoms with Crippen molar-refractivity contribution in [2.24, 2.45) is 5.10 Å². The minimum atomic E-state index is 0.613. The van der Waals surface area contributed by atoms with E-state index in [0.29, 0.717) is 11.7 Å². The van der Waals surface area contributed by atoms with Crippen molar-refractivity contribution in [1.82, 2.24) is 9.97 Å². The molecule has 3 aromatic rings. The van der Waals surface area contributed by atoms with Gasteiger partial charge in [-0.15, -0.1) is 11.3 Å². The monoisotopic (exact) mass is 312 g/mol. The third-order valence-electron chi connectivity index (χ3n) is 4.04. The lowest BCUT2D eigenvalue weighted by Gasteiger charge is -2.18. The SMILES string of the molecule is CC1CCCc2c1sc1ncnc(N/N=C/c3ccco3)c21. The van der Waals surface area contributed by atoms with Gasteiger partial charge in [-0.2, -0.15) is 5.10 Å². The maximum absolute atomic E-state index is 5.23. The van der Waals surface area contributed by atoms with Gasteiger partial charge in [0.25, 0.3) is 0 Å². The minimum absolute atomic E-state index is 0.613. The van der Waals surface area contributed by atoms with Crippen LogP contribution in [0.5, 0.6) is 0 Å². The van der Waals surface area contributed by atoms with Gasteiger partial charge in [0.05, 0.1) is 17.9 Å². The number of fused-ring (bicyclic) bond motifs is 3. The summed E-state index contributed by atoms with van der Waals surface area (Å²) in [5, 5.41) is 5.36. The predicted octanol–water partition coefficient (Wildman–Crippen LogP) is 4.17. The van der Waals surface area contributed by atoms with E-state index in [2.05, 4.69) is 27.4 Å². The molecule has 0 aromatic carbocycles. The van der Waals surface area contributed by atoms with E-state index in [9.17, 15) is 0 Å². The van der Waals surface area contributed by atoms with E-state index in [-0.39, 0.29) is 0 Å². The van der Waals surface area contributed by atoms with Gasteiger partial charge < -0.3 is 4.42 Å². The molecule has 0 spiro atoms. The Morgan fingerprint density at radius 1 is 1.45 bits per heavy atom. The largest absolute Gasteiger partial charge is 0.463 e. The van der Waals surface area contributed by atoms with Gasteiger partial charge in [-0.3, -0.25) is 5.43 Å². The molecule has 0 saturated carbocycles. The average molecular weight is 312 g/mol. The van der Waals surface area contributed by atoms with Crippen molar-refractivity contribution in [3.63, 3.8) is 0 Å². The van der Waals surface area contributed by atoms with Crippen LogP contribution < -0.4 is 5.43 Å². The zero-order chi connectivity index (χ0) is 14.9. The molecular formula is C16H16N4OS. The lowest BCUT2D eigenvalue weighted by molar-refractivity contribution is 0.560. The van der Waals surface area contributed by atoms with E-state index in [4.69, 9.17) is 4.42 Å². The summed E-state index contributed by atoms with van der Waals surface area (Å²) >= 11 is 1.79. The number of furan rings is 1. The number of hydrogen-bond acceptors (Lipinski definition) is 6. The molecule has 1 unspecified atom stereocenters. The van der Waals surface area contributed by atoms with Crippen LogP contribution in [-0.2, 0) is 6.42 Å². The smallest absolute Gasteiger partial charge is 0.158 e. The molecule has 0 bridgehead atoms. The molecule has 0 fully saturated rings. The topological polar surface area (TPSA) is 63.3 Å². The maximum Gasteiger partial charge on any atom is 0.158 e. The van der Waals surface area contributed by atoms with Crippen LogP contribution in [-0.4, -0.2) is 16.2 Å². The number of nitrogens with one attached hydrogen (secondary N) is 1. The Kier molecular flexibility index (Phi) is 3.38. The minimum Gasteiger partial charge on any atom is -0.463 e. The Hall–Kier alpha value is -2.21. The fourth-order valence-electron chi connectivity index (χ4n) is 2.98. The second-order valence-electron chi connectivity index (χ2n) is 5.53. The summed E-state index contributed by atoms with van der Waals surface area (Å²) in [6, 6.07) is 3.69. The van der Waals surface area contributed by atoms with Crippen molar-refractivity contribution < 1.29 is 4.42 Å². The van der Waals surface area contributed by atoms with Gasteiger partial charge >= 0.3 is 0 Å². The number of aryl methyl sites for hydroxylation is 1. The van der Waals surface area contributed by atoms with Crippen LogP contribution in [0.4, 0.5) is 5.82 Å². The molecule has 5 nitrogen and oxygen atoms in total. The molecule has 0 aliphatic heterocycles. The van der Waals surface area contributed by atoms with Gasteiger partial charge in [-0.05, 0) is 42.9 Å². The number of hydrazone groups is 1. The molecule has 4 rings (SSSR count). The van der Waals surface area contributed by atoms with Crippen molar-refractivity contribution in [3.05, 3.63) is 40.9 Å². The first kappa shape index (κ1) is 13.5. The number of thiophene rings is 1. The fourth-order valence-corrected chi connectivity index (χ4v) is 4.25. The van der Waals surface area contributed by atoms with Gasteiger partial charge in [-0.1, -0.05) is 6.92 Å². The molecule has 1 aliphatic rings. The van der Waals surface area contributed by atoms with Crippen LogP contribution in [0.25, 0.3) is 10.2 Å². The molecular weight excluding hydrogens is 296 g/mol. The average Bonchev–Trinajstić information content (AvgIpc) is 3.16. The Morgan fingerprint density at radius 2 is 2.41 bits per heavy atom. The van der Waals surface area contributed by atoms with E-state index in [0.717, 1.165) is 22.5 Å². The van der Waals surface area contributed by atoms with Gasteiger partial charge in [0, 0.05) is 4.88 Å². The first-order valence-electron chi connectivity index (χ1n) is 7.42. The molecule has 3 aromatic heterocycles. The predicted molar refractivity (Wildman–Crippen MR) is 88.7 cm³/mol. The van der Waals surface area contributed by atoms with Crippen molar-refractivity contribution in [2.75, 3.05) is 5.43 Å². The summed E-state index contributed by atoms with van der Waals surface area (Å²) in [5.41, 5.74) is 4.44. The molecule has 0 radical (unpaired) electrons.